The number of hydrogen-bond acceptors (Lipinski definition) is 4. The Morgan fingerprint density at radius 2 is 2.53 bits per heavy atom. The Morgan fingerprint density at radius 1 is 1.60 bits per heavy atom. The Bertz CT molecular complexity index is 293. The first-order valence-electron chi connectivity index (χ1n) is 5.66. The smallest absolute Gasteiger partial charge is 0.106 e. The van der Waals surface area contributed by atoms with Crippen LogP contribution in [0.25, 0.3) is 0 Å². The molecule has 0 radical (unpaired) electrons. The number of thiazole rings is 1. The Morgan fingerprint density at radius 3 is 3.27 bits per heavy atom. The molecule has 1 saturated heterocycles. The summed E-state index contributed by atoms with van der Waals surface area (Å²) in [7, 11) is 0. The molecule has 0 saturated carbocycles. The topological polar surface area (TPSA) is 24.9 Å². The van der Waals surface area contributed by atoms with Crippen molar-refractivity contribution in [1.82, 2.24) is 10.3 Å². The third kappa shape index (κ3) is 3.20. The van der Waals surface area contributed by atoms with E-state index in [2.05, 4.69) is 29.4 Å². The van der Waals surface area contributed by atoms with Gasteiger partial charge in [-0.3, -0.25) is 0 Å². The zero-order chi connectivity index (χ0) is 10.5. The lowest BCUT2D eigenvalue weighted by Crippen LogP contribution is -2.16. The van der Waals surface area contributed by atoms with Gasteiger partial charge >= 0.3 is 0 Å². The molecule has 2 nitrogen and oxygen atoms in total. The lowest BCUT2D eigenvalue weighted by Gasteiger charge is -2.02. The molecule has 1 N–H and O–H groups in total. The fourth-order valence-electron chi connectivity index (χ4n) is 1.75. The van der Waals surface area contributed by atoms with Gasteiger partial charge in [0.15, 0.2) is 0 Å². The van der Waals surface area contributed by atoms with Crippen molar-refractivity contribution in [2.24, 2.45) is 0 Å². The van der Waals surface area contributed by atoms with E-state index in [1.165, 1.54) is 29.3 Å². The van der Waals surface area contributed by atoms with Gasteiger partial charge in [0.05, 0.1) is 10.9 Å². The van der Waals surface area contributed by atoms with Crippen molar-refractivity contribution in [3.63, 3.8) is 0 Å². The second-order valence-corrected chi connectivity index (χ2v) is 5.98. The number of rotatable bonds is 5. The molecule has 1 fully saturated rings. The molecule has 0 spiro atoms. The van der Waals surface area contributed by atoms with Gasteiger partial charge in [0.25, 0.3) is 0 Å². The fraction of sp³-hybridized carbons (Fsp3) is 0.727. The maximum Gasteiger partial charge on any atom is 0.106 e. The van der Waals surface area contributed by atoms with Gasteiger partial charge in [-0.05, 0) is 25.1 Å². The Labute approximate surface area is 99.9 Å². The molecule has 1 unspecified atom stereocenters. The van der Waals surface area contributed by atoms with E-state index in [1.807, 2.05) is 11.3 Å². The van der Waals surface area contributed by atoms with Crippen LogP contribution in [0.4, 0.5) is 0 Å². The van der Waals surface area contributed by atoms with Crippen LogP contribution in [-0.4, -0.2) is 23.8 Å². The van der Waals surface area contributed by atoms with Crippen molar-refractivity contribution in [1.29, 1.82) is 0 Å². The van der Waals surface area contributed by atoms with Crippen LogP contribution in [-0.2, 0) is 6.42 Å². The van der Waals surface area contributed by atoms with Crippen LogP contribution in [0.1, 0.15) is 35.7 Å². The summed E-state index contributed by atoms with van der Waals surface area (Å²) in [6, 6.07) is 0. The zero-order valence-electron chi connectivity index (χ0n) is 9.16. The second-order valence-electron chi connectivity index (χ2n) is 3.78. The van der Waals surface area contributed by atoms with Crippen LogP contribution >= 0.6 is 23.1 Å². The summed E-state index contributed by atoms with van der Waals surface area (Å²) < 4.78 is 0. The Balaban J connectivity index is 1.86. The minimum atomic E-state index is 0.697. The van der Waals surface area contributed by atoms with Crippen LogP contribution in [0, 0.1) is 0 Å². The van der Waals surface area contributed by atoms with Gasteiger partial charge in [0.2, 0.25) is 0 Å². The molecule has 1 atom stereocenters. The van der Waals surface area contributed by atoms with Gasteiger partial charge in [-0.1, -0.05) is 6.92 Å². The van der Waals surface area contributed by atoms with Crippen molar-refractivity contribution in [3.05, 3.63) is 16.1 Å². The predicted molar refractivity (Wildman–Crippen MR) is 68.8 cm³/mol. The highest BCUT2D eigenvalue weighted by atomic mass is 32.2. The molecular weight excluding hydrogens is 224 g/mol. The van der Waals surface area contributed by atoms with Crippen molar-refractivity contribution in [2.75, 3.05) is 18.8 Å². The molecule has 1 aliphatic rings. The summed E-state index contributed by atoms with van der Waals surface area (Å²) in [6.45, 7) is 4.24. The van der Waals surface area contributed by atoms with Crippen LogP contribution in [0.5, 0.6) is 0 Å². The van der Waals surface area contributed by atoms with E-state index in [9.17, 15) is 0 Å². The van der Waals surface area contributed by atoms with Crippen molar-refractivity contribution in [2.45, 2.75) is 31.4 Å². The van der Waals surface area contributed by atoms with Crippen LogP contribution in [0.2, 0.25) is 0 Å². The summed E-state index contributed by atoms with van der Waals surface area (Å²) in [5.41, 5.74) is 1.27. The van der Waals surface area contributed by atoms with E-state index >= 15 is 0 Å². The molecule has 84 valence electrons. The first kappa shape index (κ1) is 11.4. The van der Waals surface area contributed by atoms with Gasteiger partial charge in [0, 0.05) is 18.3 Å². The molecule has 0 aromatic carbocycles. The maximum absolute atomic E-state index is 4.72. The molecule has 1 aromatic heterocycles. The summed E-state index contributed by atoms with van der Waals surface area (Å²) in [5, 5.41) is 7.61. The largest absolute Gasteiger partial charge is 0.317 e. The summed E-state index contributed by atoms with van der Waals surface area (Å²) in [5.74, 6) is 1.32. The highest BCUT2D eigenvalue weighted by Gasteiger charge is 2.20. The first-order chi connectivity index (χ1) is 7.40. The molecule has 15 heavy (non-hydrogen) atoms. The Hall–Kier alpha value is -0.0600. The zero-order valence-corrected chi connectivity index (χ0v) is 10.8. The molecule has 1 aromatic rings. The highest BCUT2D eigenvalue weighted by molar-refractivity contribution is 7.99. The predicted octanol–water partition coefficient (Wildman–Crippen LogP) is 2.86. The second kappa shape index (κ2) is 5.87. The fourth-order valence-corrected chi connectivity index (χ4v) is 4.14. The van der Waals surface area contributed by atoms with E-state index in [-0.39, 0.29) is 0 Å². The normalized spacial score (nSPS) is 21.0. The third-order valence-corrected chi connectivity index (χ3v) is 5.12. The monoisotopic (exact) mass is 242 g/mol. The summed E-state index contributed by atoms with van der Waals surface area (Å²) >= 11 is 3.91. The molecule has 0 aliphatic carbocycles. The standard InChI is InChI=1S/C11H18N2S2/c1-2-12-6-5-9-8-15-11(13-9)10-4-3-7-14-10/h8,10,12H,2-7H2,1H3. The van der Waals surface area contributed by atoms with Crippen molar-refractivity contribution < 1.29 is 0 Å². The van der Waals surface area contributed by atoms with E-state index in [0.717, 1.165) is 19.5 Å². The van der Waals surface area contributed by atoms with Crippen LogP contribution < -0.4 is 5.32 Å². The molecule has 1 aliphatic heterocycles. The van der Waals surface area contributed by atoms with E-state index in [0.29, 0.717) is 5.25 Å². The molecule has 0 bridgehead atoms. The van der Waals surface area contributed by atoms with Crippen molar-refractivity contribution >= 4 is 23.1 Å². The van der Waals surface area contributed by atoms with E-state index in [4.69, 9.17) is 4.98 Å². The number of aromatic nitrogens is 1. The minimum Gasteiger partial charge on any atom is -0.317 e. The number of nitrogens with zero attached hydrogens (tertiary/aromatic N) is 1. The van der Waals surface area contributed by atoms with Gasteiger partial charge in [0.1, 0.15) is 5.01 Å². The van der Waals surface area contributed by atoms with Crippen LogP contribution in [0.15, 0.2) is 5.38 Å². The molecule has 2 rings (SSSR count). The lowest BCUT2D eigenvalue weighted by atomic mass is 10.2. The Kier molecular flexibility index (Phi) is 4.47. The molecule has 0 amide bonds. The van der Waals surface area contributed by atoms with Gasteiger partial charge in [-0.15, -0.1) is 11.3 Å². The van der Waals surface area contributed by atoms with Gasteiger partial charge in [-0.2, -0.15) is 11.8 Å². The summed E-state index contributed by atoms with van der Waals surface area (Å²) in [4.78, 5) is 4.72. The highest BCUT2D eigenvalue weighted by Crippen LogP contribution is 2.40. The first-order valence-corrected chi connectivity index (χ1v) is 7.59. The maximum atomic E-state index is 4.72. The third-order valence-electron chi connectivity index (χ3n) is 2.58. The number of likely N-dealkylation sites (N-methyl/N-ethyl adjacent to an activating group) is 1. The van der Waals surface area contributed by atoms with E-state index < -0.39 is 0 Å². The van der Waals surface area contributed by atoms with Gasteiger partial charge in [-0.25, -0.2) is 4.98 Å². The van der Waals surface area contributed by atoms with E-state index in [1.54, 1.807) is 0 Å². The van der Waals surface area contributed by atoms with Crippen LogP contribution in [0.3, 0.4) is 0 Å². The van der Waals surface area contributed by atoms with Gasteiger partial charge < -0.3 is 5.32 Å². The molecular formula is C11H18N2S2. The molecule has 4 heteroatoms. The number of thioether (sulfide) groups is 1. The minimum absolute atomic E-state index is 0.697. The lowest BCUT2D eigenvalue weighted by molar-refractivity contribution is 0.707. The average molecular weight is 242 g/mol. The average Bonchev–Trinajstić information content (AvgIpc) is 2.87. The number of hydrogen-bond donors (Lipinski definition) is 1. The summed E-state index contributed by atoms with van der Waals surface area (Å²) in [6.07, 6.45) is 3.76. The molecule has 2 heterocycles. The quantitative estimate of drug-likeness (QED) is 0.804. The number of nitrogens with one attached hydrogen (secondary N) is 1. The van der Waals surface area contributed by atoms with Crippen molar-refractivity contribution in [3.8, 4) is 0 Å². The SMILES string of the molecule is CCNCCc1csc(C2CCCS2)n1.